The molecule has 0 aliphatic carbocycles. The summed E-state index contributed by atoms with van der Waals surface area (Å²) >= 11 is 0. The fourth-order valence-electron chi connectivity index (χ4n) is 3.74. The molecular weight excluding hydrogens is 413 g/mol. The normalized spacial score (nSPS) is 10.7. The second-order valence-corrected chi connectivity index (χ2v) is 7.44. The summed E-state index contributed by atoms with van der Waals surface area (Å²) in [4.78, 5) is 44.1. The number of nitrogens with zero attached hydrogens (tertiary/aromatic N) is 3. The van der Waals surface area contributed by atoms with Crippen molar-refractivity contribution in [1.29, 1.82) is 0 Å². The van der Waals surface area contributed by atoms with Crippen molar-refractivity contribution in [3.63, 3.8) is 0 Å². The van der Waals surface area contributed by atoms with Crippen LogP contribution >= 0.6 is 0 Å². The third kappa shape index (κ3) is 4.59. The fourth-order valence-corrected chi connectivity index (χ4v) is 3.74. The Hall–Kier alpha value is -3.81. The number of amides is 1. The van der Waals surface area contributed by atoms with E-state index < -0.39 is 17.7 Å². The average molecular weight is 437 g/mol. The number of pyridine rings is 1. The minimum absolute atomic E-state index is 0.115. The van der Waals surface area contributed by atoms with E-state index in [9.17, 15) is 18.8 Å². The van der Waals surface area contributed by atoms with Crippen molar-refractivity contribution < 1.29 is 23.5 Å². The molecule has 0 aliphatic heterocycles. The monoisotopic (exact) mass is 437 g/mol. The van der Waals surface area contributed by atoms with Gasteiger partial charge in [0.1, 0.15) is 11.5 Å². The van der Waals surface area contributed by atoms with Gasteiger partial charge < -0.3 is 14.2 Å². The smallest absolute Gasteiger partial charge is 0.354 e. The zero-order valence-corrected chi connectivity index (χ0v) is 18.4. The Morgan fingerprint density at radius 3 is 2.53 bits per heavy atom. The summed E-state index contributed by atoms with van der Waals surface area (Å²) in [5.74, 6) is -1.91. The Kier molecular flexibility index (Phi) is 6.82. The van der Waals surface area contributed by atoms with Crippen LogP contribution < -0.4 is 0 Å². The third-order valence-electron chi connectivity index (χ3n) is 5.38. The van der Waals surface area contributed by atoms with Gasteiger partial charge in [-0.15, -0.1) is 0 Å². The number of ketones is 1. The predicted molar refractivity (Wildman–Crippen MR) is 116 cm³/mol. The molecule has 0 unspecified atom stereocenters. The second kappa shape index (κ2) is 9.55. The van der Waals surface area contributed by atoms with Gasteiger partial charge in [-0.3, -0.25) is 14.6 Å². The first kappa shape index (κ1) is 22.9. The second-order valence-electron chi connectivity index (χ2n) is 7.44. The molecule has 166 valence electrons. The molecule has 0 saturated heterocycles. The molecule has 0 radical (unpaired) electrons. The number of esters is 1. The van der Waals surface area contributed by atoms with Crippen LogP contribution in [-0.2, 0) is 18.3 Å². The number of benzene rings is 1. The summed E-state index contributed by atoms with van der Waals surface area (Å²) in [6, 6.07) is 8.85. The van der Waals surface area contributed by atoms with Gasteiger partial charge in [0.2, 0.25) is 0 Å². The van der Waals surface area contributed by atoms with Gasteiger partial charge in [0.05, 0.1) is 13.7 Å². The van der Waals surface area contributed by atoms with Crippen LogP contribution in [-0.4, -0.2) is 45.8 Å². The molecule has 0 atom stereocenters. The Balaban J connectivity index is 1.97. The Morgan fingerprint density at radius 2 is 1.91 bits per heavy atom. The van der Waals surface area contributed by atoms with E-state index in [4.69, 9.17) is 4.74 Å². The van der Waals surface area contributed by atoms with Crippen molar-refractivity contribution in [3.8, 4) is 0 Å². The summed E-state index contributed by atoms with van der Waals surface area (Å²) in [5.41, 5.74) is 2.58. The van der Waals surface area contributed by atoms with Crippen LogP contribution in [0.15, 0.2) is 48.8 Å². The van der Waals surface area contributed by atoms with Gasteiger partial charge >= 0.3 is 5.97 Å². The van der Waals surface area contributed by atoms with Crippen LogP contribution in [0.4, 0.5) is 4.39 Å². The van der Waals surface area contributed by atoms with E-state index in [2.05, 4.69) is 4.98 Å². The first-order valence-corrected chi connectivity index (χ1v) is 9.95. The van der Waals surface area contributed by atoms with Crippen LogP contribution in [0.5, 0.6) is 0 Å². The molecule has 1 aromatic carbocycles. The number of carbonyl (C=O) groups is 3. The number of aromatic nitrogens is 2. The van der Waals surface area contributed by atoms with Crippen LogP contribution in [0.3, 0.4) is 0 Å². The molecule has 0 bridgehead atoms. The molecule has 0 fully saturated rings. The molecule has 2 heterocycles. The van der Waals surface area contributed by atoms with Gasteiger partial charge in [-0.05, 0) is 49.2 Å². The summed E-state index contributed by atoms with van der Waals surface area (Å²) in [6.45, 7) is 3.26. The summed E-state index contributed by atoms with van der Waals surface area (Å²) in [5, 5.41) is 0. The maximum absolute atomic E-state index is 13.7. The van der Waals surface area contributed by atoms with Gasteiger partial charge in [0.15, 0.2) is 5.78 Å². The molecule has 3 aromatic rings. The standard InChI is InChI=1S/C24H24FN3O4/c1-15-21(16(2)27(3)22(15)24(31)32-4)20(29)14-28(13-17-7-6-10-26-12-17)23(30)18-8-5-9-19(25)11-18/h5-12H,13-14H2,1-4H3. The van der Waals surface area contributed by atoms with E-state index in [0.29, 0.717) is 16.8 Å². The Labute approximate surface area is 185 Å². The fraction of sp³-hybridized carbons (Fsp3) is 0.250. The van der Waals surface area contributed by atoms with E-state index in [1.807, 2.05) is 0 Å². The summed E-state index contributed by atoms with van der Waals surface area (Å²) in [6.07, 6.45) is 3.21. The summed E-state index contributed by atoms with van der Waals surface area (Å²) < 4.78 is 20.2. The van der Waals surface area contributed by atoms with E-state index in [-0.39, 0.29) is 30.1 Å². The number of rotatable bonds is 7. The SMILES string of the molecule is COC(=O)c1c(C)c(C(=O)CN(Cc2cccnc2)C(=O)c2cccc(F)c2)c(C)n1C. The van der Waals surface area contributed by atoms with E-state index in [1.165, 1.54) is 30.2 Å². The molecule has 3 rings (SSSR count). The van der Waals surface area contributed by atoms with Gasteiger partial charge in [-0.2, -0.15) is 0 Å². The maximum atomic E-state index is 13.7. The molecule has 32 heavy (non-hydrogen) atoms. The van der Waals surface area contributed by atoms with Crippen LogP contribution in [0.2, 0.25) is 0 Å². The maximum Gasteiger partial charge on any atom is 0.354 e. The lowest BCUT2D eigenvalue weighted by molar-refractivity contribution is 0.0588. The van der Waals surface area contributed by atoms with Crippen molar-refractivity contribution >= 4 is 17.7 Å². The molecule has 0 N–H and O–H groups in total. The van der Waals surface area contributed by atoms with Gasteiger partial charge in [-0.1, -0.05) is 12.1 Å². The number of hydrogen-bond acceptors (Lipinski definition) is 5. The highest BCUT2D eigenvalue weighted by Gasteiger charge is 2.28. The van der Waals surface area contributed by atoms with Crippen molar-refractivity contribution in [2.45, 2.75) is 20.4 Å². The lowest BCUT2D eigenvalue weighted by Crippen LogP contribution is -2.35. The largest absolute Gasteiger partial charge is 0.464 e. The lowest BCUT2D eigenvalue weighted by atomic mass is 10.0. The van der Waals surface area contributed by atoms with E-state index in [1.54, 1.807) is 50.0 Å². The number of ether oxygens (including phenoxy) is 1. The molecule has 7 nitrogen and oxygen atoms in total. The minimum Gasteiger partial charge on any atom is -0.464 e. The van der Waals surface area contributed by atoms with Crippen LogP contribution in [0, 0.1) is 19.7 Å². The summed E-state index contributed by atoms with van der Waals surface area (Å²) in [7, 11) is 2.95. The Bertz CT molecular complexity index is 1170. The van der Waals surface area contributed by atoms with Crippen LogP contribution in [0.1, 0.15) is 48.0 Å². The van der Waals surface area contributed by atoms with Crippen molar-refractivity contribution in [1.82, 2.24) is 14.5 Å². The zero-order valence-electron chi connectivity index (χ0n) is 18.4. The number of carbonyl (C=O) groups excluding carboxylic acids is 3. The first-order valence-electron chi connectivity index (χ1n) is 9.95. The molecular formula is C24H24FN3O4. The minimum atomic E-state index is -0.546. The lowest BCUT2D eigenvalue weighted by Gasteiger charge is -2.22. The molecule has 1 amide bonds. The first-order chi connectivity index (χ1) is 15.2. The van der Waals surface area contributed by atoms with Crippen LogP contribution in [0.25, 0.3) is 0 Å². The number of hydrogen-bond donors (Lipinski definition) is 0. The highest BCUT2D eigenvalue weighted by molar-refractivity contribution is 6.06. The molecule has 0 spiro atoms. The quantitative estimate of drug-likeness (QED) is 0.418. The van der Waals surface area contributed by atoms with Gasteiger partial charge in [0, 0.05) is 42.8 Å². The average Bonchev–Trinajstić information content (AvgIpc) is 3.01. The Morgan fingerprint density at radius 1 is 1.16 bits per heavy atom. The van der Waals surface area contributed by atoms with E-state index in [0.717, 1.165) is 11.6 Å². The number of halogens is 1. The van der Waals surface area contributed by atoms with Crippen molar-refractivity contribution in [2.75, 3.05) is 13.7 Å². The molecule has 2 aromatic heterocycles. The van der Waals surface area contributed by atoms with E-state index >= 15 is 0 Å². The van der Waals surface area contributed by atoms with Gasteiger partial charge in [-0.25, -0.2) is 9.18 Å². The van der Waals surface area contributed by atoms with Gasteiger partial charge in [0.25, 0.3) is 5.91 Å². The molecule has 0 aliphatic rings. The predicted octanol–water partition coefficient (Wildman–Crippen LogP) is 3.49. The number of methoxy groups -OCH3 is 1. The topological polar surface area (TPSA) is 81.5 Å². The number of Topliss-reactive ketones (excluding diaryl/α,β-unsaturated/α-hetero) is 1. The zero-order chi connectivity index (χ0) is 23.4. The highest BCUT2D eigenvalue weighted by Crippen LogP contribution is 2.23. The van der Waals surface area contributed by atoms with Crippen molar-refractivity contribution in [3.05, 3.63) is 88.3 Å². The highest BCUT2D eigenvalue weighted by atomic mass is 19.1. The third-order valence-corrected chi connectivity index (χ3v) is 5.38. The van der Waals surface area contributed by atoms with Crippen molar-refractivity contribution in [2.24, 2.45) is 7.05 Å². The molecule has 0 saturated carbocycles. The molecule has 8 heteroatoms.